The lowest BCUT2D eigenvalue weighted by Crippen LogP contribution is -2.45. The lowest BCUT2D eigenvalue weighted by atomic mass is 10.1. The highest BCUT2D eigenvalue weighted by Gasteiger charge is 2.24. The Morgan fingerprint density at radius 1 is 1.50 bits per heavy atom. The second-order valence-electron chi connectivity index (χ2n) is 5.46. The maximum atomic E-state index is 4.46. The molecule has 0 bridgehead atoms. The summed E-state index contributed by atoms with van der Waals surface area (Å²) in [6, 6.07) is 0.513. The molecule has 0 aromatic carbocycles. The van der Waals surface area contributed by atoms with Crippen LogP contribution in [0.4, 0.5) is 11.6 Å². The van der Waals surface area contributed by atoms with E-state index in [9.17, 15) is 0 Å². The zero-order valence-electron chi connectivity index (χ0n) is 12.6. The summed E-state index contributed by atoms with van der Waals surface area (Å²) in [5.41, 5.74) is 0. The van der Waals surface area contributed by atoms with Gasteiger partial charge in [0.15, 0.2) is 0 Å². The molecule has 0 radical (unpaired) electrons. The minimum atomic E-state index is 0.513. The van der Waals surface area contributed by atoms with Gasteiger partial charge in [0.2, 0.25) is 0 Å². The molecule has 1 aliphatic heterocycles. The Labute approximate surface area is 129 Å². The van der Waals surface area contributed by atoms with Gasteiger partial charge in [-0.3, -0.25) is 0 Å². The Kier molecular flexibility index (Phi) is 5.60. The van der Waals surface area contributed by atoms with Crippen LogP contribution in [0.2, 0.25) is 0 Å². The topological polar surface area (TPSA) is 44.3 Å². The van der Waals surface area contributed by atoms with Gasteiger partial charge in [-0.2, -0.15) is 0 Å². The molecule has 1 aromatic heterocycles. The standard InChI is InChI=1S/C14H24BrN5/c1-4-7-16-13-12(15)14(18-10-17-13)20(3)11-6-5-8-19(2)9-11/h10-11H,4-9H2,1-3H3,(H,16,17,18). The van der Waals surface area contributed by atoms with Crippen molar-refractivity contribution >= 4 is 27.6 Å². The highest BCUT2D eigenvalue weighted by molar-refractivity contribution is 9.10. The Morgan fingerprint density at radius 2 is 2.30 bits per heavy atom. The van der Waals surface area contributed by atoms with E-state index >= 15 is 0 Å². The molecular formula is C14H24BrN5. The maximum absolute atomic E-state index is 4.46. The number of hydrogen-bond acceptors (Lipinski definition) is 5. The minimum absolute atomic E-state index is 0.513. The SMILES string of the molecule is CCCNc1ncnc(N(C)C2CCCN(C)C2)c1Br. The first kappa shape index (κ1) is 15.5. The normalized spacial score (nSPS) is 19.9. The predicted octanol–water partition coefficient (Wildman–Crippen LogP) is 2.59. The third-order valence-electron chi connectivity index (χ3n) is 3.79. The Bertz CT molecular complexity index is 440. The quantitative estimate of drug-likeness (QED) is 0.891. The van der Waals surface area contributed by atoms with E-state index in [4.69, 9.17) is 0 Å². The number of aromatic nitrogens is 2. The Balaban J connectivity index is 2.14. The molecule has 1 saturated heterocycles. The lowest BCUT2D eigenvalue weighted by Gasteiger charge is -2.36. The molecule has 5 nitrogen and oxygen atoms in total. The Morgan fingerprint density at radius 3 is 3.00 bits per heavy atom. The van der Waals surface area contributed by atoms with Crippen molar-refractivity contribution in [3.05, 3.63) is 10.8 Å². The smallest absolute Gasteiger partial charge is 0.148 e. The molecule has 1 N–H and O–H groups in total. The zero-order valence-corrected chi connectivity index (χ0v) is 14.2. The van der Waals surface area contributed by atoms with Crippen molar-refractivity contribution in [1.29, 1.82) is 0 Å². The summed E-state index contributed by atoms with van der Waals surface area (Å²) < 4.78 is 0.962. The van der Waals surface area contributed by atoms with Gasteiger partial charge in [0, 0.05) is 26.2 Å². The summed E-state index contributed by atoms with van der Waals surface area (Å²) in [7, 11) is 4.31. The van der Waals surface area contributed by atoms with E-state index in [-0.39, 0.29) is 0 Å². The van der Waals surface area contributed by atoms with Gasteiger partial charge in [0.25, 0.3) is 0 Å². The van der Waals surface area contributed by atoms with Crippen molar-refractivity contribution in [3.63, 3.8) is 0 Å². The van der Waals surface area contributed by atoms with Crippen LogP contribution in [-0.2, 0) is 0 Å². The van der Waals surface area contributed by atoms with Gasteiger partial charge >= 0.3 is 0 Å². The molecular weight excluding hydrogens is 318 g/mol. The van der Waals surface area contributed by atoms with E-state index in [0.29, 0.717) is 6.04 Å². The van der Waals surface area contributed by atoms with Crippen LogP contribution in [-0.4, -0.2) is 54.6 Å². The van der Waals surface area contributed by atoms with E-state index in [2.05, 4.69) is 62.0 Å². The van der Waals surface area contributed by atoms with E-state index in [1.165, 1.54) is 19.4 Å². The number of rotatable bonds is 5. The number of piperidine rings is 1. The zero-order chi connectivity index (χ0) is 14.5. The first-order valence-corrected chi connectivity index (χ1v) is 8.08. The second kappa shape index (κ2) is 7.22. The van der Waals surface area contributed by atoms with Gasteiger partial charge in [-0.05, 0) is 48.8 Å². The third kappa shape index (κ3) is 3.61. The number of likely N-dealkylation sites (tertiary alicyclic amines) is 1. The molecule has 1 atom stereocenters. The van der Waals surface area contributed by atoms with Gasteiger partial charge < -0.3 is 15.1 Å². The fourth-order valence-corrected chi connectivity index (χ4v) is 3.23. The van der Waals surface area contributed by atoms with Crippen molar-refractivity contribution in [3.8, 4) is 0 Å². The molecule has 0 saturated carbocycles. The first-order valence-electron chi connectivity index (χ1n) is 7.29. The fraction of sp³-hybridized carbons (Fsp3) is 0.714. The summed E-state index contributed by atoms with van der Waals surface area (Å²) in [6.07, 6.45) is 5.18. The average molecular weight is 342 g/mol. The average Bonchev–Trinajstić information content (AvgIpc) is 2.45. The molecule has 0 spiro atoms. The van der Waals surface area contributed by atoms with Crippen LogP contribution in [0.3, 0.4) is 0 Å². The Hall–Kier alpha value is -0.880. The molecule has 6 heteroatoms. The molecule has 2 heterocycles. The van der Waals surface area contributed by atoms with Gasteiger partial charge in [0.05, 0.1) is 0 Å². The molecule has 0 amide bonds. The number of nitrogens with zero attached hydrogens (tertiary/aromatic N) is 4. The van der Waals surface area contributed by atoms with Crippen molar-refractivity contribution < 1.29 is 0 Å². The van der Waals surface area contributed by atoms with Crippen LogP contribution >= 0.6 is 15.9 Å². The monoisotopic (exact) mass is 341 g/mol. The first-order chi connectivity index (χ1) is 9.63. The van der Waals surface area contributed by atoms with Gasteiger partial charge in [0.1, 0.15) is 22.4 Å². The van der Waals surface area contributed by atoms with Crippen LogP contribution in [0, 0.1) is 0 Å². The van der Waals surface area contributed by atoms with Gasteiger partial charge in [-0.15, -0.1) is 0 Å². The summed E-state index contributed by atoms with van der Waals surface area (Å²) in [6.45, 7) is 5.35. The number of anilines is 2. The molecule has 20 heavy (non-hydrogen) atoms. The summed E-state index contributed by atoms with van der Waals surface area (Å²) in [5.74, 6) is 1.85. The van der Waals surface area contributed by atoms with E-state index in [0.717, 1.165) is 35.6 Å². The summed E-state index contributed by atoms with van der Waals surface area (Å²) in [4.78, 5) is 13.4. The highest BCUT2D eigenvalue weighted by atomic mass is 79.9. The van der Waals surface area contributed by atoms with Crippen molar-refractivity contribution in [2.45, 2.75) is 32.2 Å². The highest BCUT2D eigenvalue weighted by Crippen LogP contribution is 2.31. The van der Waals surface area contributed by atoms with E-state index < -0.39 is 0 Å². The largest absolute Gasteiger partial charge is 0.369 e. The lowest BCUT2D eigenvalue weighted by molar-refractivity contribution is 0.247. The second-order valence-corrected chi connectivity index (χ2v) is 6.25. The molecule has 0 aliphatic carbocycles. The van der Waals surface area contributed by atoms with Crippen molar-refractivity contribution in [2.24, 2.45) is 0 Å². The number of nitrogens with one attached hydrogen (secondary N) is 1. The number of halogens is 1. The number of likely N-dealkylation sites (N-methyl/N-ethyl adjacent to an activating group) is 2. The summed E-state index contributed by atoms with van der Waals surface area (Å²) in [5, 5.41) is 3.33. The van der Waals surface area contributed by atoms with Gasteiger partial charge in [-0.25, -0.2) is 9.97 Å². The molecule has 1 fully saturated rings. The van der Waals surface area contributed by atoms with Crippen LogP contribution in [0.1, 0.15) is 26.2 Å². The van der Waals surface area contributed by atoms with Crippen LogP contribution in [0.15, 0.2) is 10.8 Å². The van der Waals surface area contributed by atoms with Crippen LogP contribution < -0.4 is 10.2 Å². The third-order valence-corrected chi connectivity index (χ3v) is 4.53. The van der Waals surface area contributed by atoms with Crippen LogP contribution in [0.25, 0.3) is 0 Å². The fourth-order valence-electron chi connectivity index (χ4n) is 2.60. The van der Waals surface area contributed by atoms with E-state index in [1.807, 2.05) is 0 Å². The molecule has 2 rings (SSSR count). The predicted molar refractivity (Wildman–Crippen MR) is 87.4 cm³/mol. The summed E-state index contributed by atoms with van der Waals surface area (Å²) >= 11 is 3.65. The minimum Gasteiger partial charge on any atom is -0.369 e. The van der Waals surface area contributed by atoms with Crippen LogP contribution in [0.5, 0.6) is 0 Å². The maximum Gasteiger partial charge on any atom is 0.148 e. The van der Waals surface area contributed by atoms with Crippen molar-refractivity contribution in [2.75, 3.05) is 43.9 Å². The number of hydrogen-bond donors (Lipinski definition) is 1. The van der Waals surface area contributed by atoms with Gasteiger partial charge in [-0.1, -0.05) is 6.92 Å². The molecule has 1 aliphatic rings. The van der Waals surface area contributed by atoms with E-state index in [1.54, 1.807) is 6.33 Å². The molecule has 1 unspecified atom stereocenters. The van der Waals surface area contributed by atoms with Crippen molar-refractivity contribution in [1.82, 2.24) is 14.9 Å². The molecule has 112 valence electrons. The molecule has 1 aromatic rings.